The molecule has 21 heavy (non-hydrogen) atoms. The van der Waals surface area contributed by atoms with Crippen molar-refractivity contribution in [2.75, 3.05) is 26.2 Å². The third kappa shape index (κ3) is 5.38. The number of aromatic nitrogens is 1. The van der Waals surface area contributed by atoms with E-state index in [2.05, 4.69) is 41.2 Å². The van der Waals surface area contributed by atoms with E-state index in [0.29, 0.717) is 12.2 Å². The summed E-state index contributed by atoms with van der Waals surface area (Å²) in [6.45, 7) is 11.4. The summed E-state index contributed by atoms with van der Waals surface area (Å²) in [4.78, 5) is 7.03. The summed E-state index contributed by atoms with van der Waals surface area (Å²) in [6, 6.07) is 6.24. The molecule has 1 N–H and O–H groups in total. The third-order valence-electron chi connectivity index (χ3n) is 4.06. The Balaban J connectivity index is 1.80. The molecule has 0 saturated carbocycles. The highest BCUT2D eigenvalue weighted by Crippen LogP contribution is 2.20. The first kappa shape index (κ1) is 16.4. The Labute approximate surface area is 128 Å². The molecule has 2 atom stereocenters. The van der Waals surface area contributed by atoms with Gasteiger partial charge in [-0.2, -0.15) is 0 Å². The van der Waals surface area contributed by atoms with Crippen LogP contribution in [0.5, 0.6) is 0 Å². The minimum absolute atomic E-state index is 0.374. The van der Waals surface area contributed by atoms with Gasteiger partial charge in [-0.15, -0.1) is 0 Å². The number of nitrogens with zero attached hydrogens (tertiary/aromatic N) is 2. The third-order valence-corrected chi connectivity index (χ3v) is 4.06. The van der Waals surface area contributed by atoms with Crippen LogP contribution in [0.4, 0.5) is 0 Å². The second-order valence-corrected chi connectivity index (χ2v) is 5.86. The lowest BCUT2D eigenvalue weighted by molar-refractivity contribution is 0.0228. The molecule has 1 aromatic rings. The summed E-state index contributed by atoms with van der Waals surface area (Å²) in [6.07, 6.45) is 3.12. The van der Waals surface area contributed by atoms with Crippen molar-refractivity contribution in [2.45, 2.75) is 52.4 Å². The van der Waals surface area contributed by atoms with Gasteiger partial charge in [-0.05, 0) is 45.0 Å². The van der Waals surface area contributed by atoms with Gasteiger partial charge in [0, 0.05) is 25.3 Å². The van der Waals surface area contributed by atoms with Gasteiger partial charge >= 0.3 is 0 Å². The van der Waals surface area contributed by atoms with Crippen LogP contribution >= 0.6 is 0 Å². The molecule has 0 bridgehead atoms. The molecule has 0 radical (unpaired) electrons. The zero-order valence-corrected chi connectivity index (χ0v) is 13.6. The molecule has 0 aromatic carbocycles. The van der Waals surface area contributed by atoms with Crippen LogP contribution in [0.3, 0.4) is 0 Å². The molecular weight excluding hydrogens is 262 g/mol. The maximum absolute atomic E-state index is 6.13. The van der Waals surface area contributed by atoms with Crippen molar-refractivity contribution in [1.82, 2.24) is 15.2 Å². The van der Waals surface area contributed by atoms with E-state index in [1.165, 1.54) is 12.8 Å². The lowest BCUT2D eigenvalue weighted by Crippen LogP contribution is -2.33. The molecule has 1 saturated heterocycles. The average molecular weight is 291 g/mol. The first-order chi connectivity index (χ1) is 10.2. The molecule has 2 heterocycles. The predicted octanol–water partition coefficient (Wildman–Crippen LogP) is 2.37. The van der Waals surface area contributed by atoms with Gasteiger partial charge in [0.25, 0.3) is 0 Å². The molecule has 2 rings (SSSR count). The monoisotopic (exact) mass is 291 g/mol. The van der Waals surface area contributed by atoms with Gasteiger partial charge in [-0.1, -0.05) is 19.9 Å². The maximum Gasteiger partial charge on any atom is 0.0707 e. The van der Waals surface area contributed by atoms with E-state index in [1.807, 2.05) is 13.0 Å². The van der Waals surface area contributed by atoms with E-state index < -0.39 is 0 Å². The number of nitrogens with one attached hydrogen (secondary N) is 1. The fourth-order valence-electron chi connectivity index (χ4n) is 2.88. The highest BCUT2D eigenvalue weighted by Gasteiger charge is 2.26. The van der Waals surface area contributed by atoms with Crippen LogP contribution in [0.1, 0.15) is 38.1 Å². The number of rotatable bonds is 8. The Morgan fingerprint density at radius 3 is 2.81 bits per heavy atom. The molecule has 0 spiro atoms. The molecule has 0 aliphatic carbocycles. The Morgan fingerprint density at radius 2 is 2.10 bits per heavy atom. The summed E-state index contributed by atoms with van der Waals surface area (Å²) in [5.74, 6) is 0. The number of ether oxygens (including phenoxy) is 1. The molecule has 2 unspecified atom stereocenters. The zero-order valence-electron chi connectivity index (χ0n) is 13.6. The van der Waals surface area contributed by atoms with Crippen molar-refractivity contribution < 1.29 is 4.74 Å². The van der Waals surface area contributed by atoms with Crippen molar-refractivity contribution in [1.29, 1.82) is 0 Å². The second kappa shape index (κ2) is 8.47. The summed E-state index contributed by atoms with van der Waals surface area (Å²) in [7, 11) is 0. The molecule has 1 aliphatic heterocycles. The largest absolute Gasteiger partial charge is 0.372 e. The maximum atomic E-state index is 6.13. The molecule has 4 nitrogen and oxygen atoms in total. The van der Waals surface area contributed by atoms with Crippen LogP contribution in [-0.2, 0) is 11.3 Å². The van der Waals surface area contributed by atoms with Crippen LogP contribution < -0.4 is 5.32 Å². The number of hydrogen-bond acceptors (Lipinski definition) is 4. The van der Waals surface area contributed by atoms with E-state index in [4.69, 9.17) is 4.74 Å². The first-order valence-electron chi connectivity index (χ1n) is 8.22. The number of hydrogen-bond donors (Lipinski definition) is 1. The first-order valence-corrected chi connectivity index (χ1v) is 8.22. The van der Waals surface area contributed by atoms with Crippen LogP contribution in [0.15, 0.2) is 18.2 Å². The Hall–Kier alpha value is -0.970. The van der Waals surface area contributed by atoms with E-state index >= 15 is 0 Å². The predicted molar refractivity (Wildman–Crippen MR) is 86.4 cm³/mol. The summed E-state index contributed by atoms with van der Waals surface area (Å²) < 4.78 is 6.13. The SMILES string of the molecule is CCNCC1CCC(CN(CC)Cc2cccc(C)n2)O1. The number of aryl methyl sites for hydroxylation is 1. The topological polar surface area (TPSA) is 37.4 Å². The molecular formula is C17H29N3O. The summed E-state index contributed by atoms with van der Waals surface area (Å²) >= 11 is 0. The van der Waals surface area contributed by atoms with Crippen molar-refractivity contribution in [3.63, 3.8) is 0 Å². The van der Waals surface area contributed by atoms with Crippen molar-refractivity contribution in [3.05, 3.63) is 29.6 Å². The van der Waals surface area contributed by atoms with Gasteiger partial charge in [-0.3, -0.25) is 9.88 Å². The second-order valence-electron chi connectivity index (χ2n) is 5.86. The molecule has 1 fully saturated rings. The Bertz CT molecular complexity index is 424. The number of pyridine rings is 1. The molecule has 118 valence electrons. The average Bonchev–Trinajstić information content (AvgIpc) is 2.92. The lowest BCUT2D eigenvalue weighted by atomic mass is 10.2. The lowest BCUT2D eigenvalue weighted by Gasteiger charge is -2.24. The van der Waals surface area contributed by atoms with E-state index in [1.54, 1.807) is 0 Å². The smallest absolute Gasteiger partial charge is 0.0707 e. The van der Waals surface area contributed by atoms with Gasteiger partial charge in [0.15, 0.2) is 0 Å². The standard InChI is InChI=1S/C17H29N3O/c1-4-18-11-16-9-10-17(21-16)13-20(5-2)12-15-8-6-7-14(3)19-15/h6-8,16-18H,4-5,9-13H2,1-3H3. The van der Waals surface area contributed by atoms with E-state index in [9.17, 15) is 0 Å². The van der Waals surface area contributed by atoms with E-state index in [-0.39, 0.29) is 0 Å². The van der Waals surface area contributed by atoms with Gasteiger partial charge in [0.05, 0.1) is 17.9 Å². The van der Waals surface area contributed by atoms with Crippen LogP contribution in [-0.4, -0.2) is 48.3 Å². The fourth-order valence-corrected chi connectivity index (χ4v) is 2.88. The van der Waals surface area contributed by atoms with Crippen molar-refractivity contribution in [2.24, 2.45) is 0 Å². The highest BCUT2D eigenvalue weighted by atomic mass is 16.5. The Morgan fingerprint density at radius 1 is 1.29 bits per heavy atom. The van der Waals surface area contributed by atoms with Gasteiger partial charge in [0.2, 0.25) is 0 Å². The molecule has 0 amide bonds. The van der Waals surface area contributed by atoms with Crippen molar-refractivity contribution >= 4 is 0 Å². The molecule has 1 aliphatic rings. The van der Waals surface area contributed by atoms with Gasteiger partial charge in [-0.25, -0.2) is 0 Å². The van der Waals surface area contributed by atoms with Crippen molar-refractivity contribution in [3.8, 4) is 0 Å². The molecule has 4 heteroatoms. The zero-order chi connectivity index (χ0) is 15.1. The van der Waals surface area contributed by atoms with Crippen LogP contribution in [0.2, 0.25) is 0 Å². The number of likely N-dealkylation sites (N-methyl/N-ethyl adjacent to an activating group) is 2. The van der Waals surface area contributed by atoms with E-state index in [0.717, 1.165) is 44.1 Å². The summed E-state index contributed by atoms with van der Waals surface area (Å²) in [5, 5.41) is 3.38. The Kier molecular flexibility index (Phi) is 6.61. The van der Waals surface area contributed by atoms with Gasteiger partial charge < -0.3 is 10.1 Å². The highest BCUT2D eigenvalue weighted by molar-refractivity contribution is 5.09. The normalized spacial score (nSPS) is 22.1. The summed E-state index contributed by atoms with van der Waals surface area (Å²) in [5.41, 5.74) is 2.24. The fraction of sp³-hybridized carbons (Fsp3) is 0.706. The molecule has 1 aromatic heterocycles. The minimum Gasteiger partial charge on any atom is -0.372 e. The quantitative estimate of drug-likeness (QED) is 0.798. The van der Waals surface area contributed by atoms with Crippen LogP contribution in [0, 0.1) is 6.92 Å². The van der Waals surface area contributed by atoms with Crippen LogP contribution in [0.25, 0.3) is 0 Å². The van der Waals surface area contributed by atoms with Gasteiger partial charge in [0.1, 0.15) is 0 Å². The minimum atomic E-state index is 0.374.